The summed E-state index contributed by atoms with van der Waals surface area (Å²) >= 11 is 1.64. The molecule has 4 heteroatoms. The minimum atomic E-state index is 0.417. The van der Waals surface area contributed by atoms with Gasteiger partial charge in [0.2, 0.25) is 0 Å². The van der Waals surface area contributed by atoms with Crippen LogP contribution < -0.4 is 5.32 Å². The summed E-state index contributed by atoms with van der Waals surface area (Å²) < 4.78 is 1.13. The molecule has 0 spiro atoms. The minimum absolute atomic E-state index is 0.417. The number of nitrogens with zero attached hydrogens (tertiary/aromatic N) is 2. The Labute approximate surface area is 80.8 Å². The van der Waals surface area contributed by atoms with Gasteiger partial charge in [0.15, 0.2) is 10.8 Å². The van der Waals surface area contributed by atoms with Crippen LogP contribution in [0.25, 0.3) is 10.3 Å². The van der Waals surface area contributed by atoms with Crippen LogP contribution in [0.3, 0.4) is 0 Å². The zero-order valence-corrected chi connectivity index (χ0v) is 8.43. The molecule has 0 bridgehead atoms. The third-order valence-corrected chi connectivity index (χ3v) is 2.52. The summed E-state index contributed by atoms with van der Waals surface area (Å²) in [5.74, 6) is 0. The molecule has 0 aliphatic heterocycles. The summed E-state index contributed by atoms with van der Waals surface area (Å²) in [5.41, 5.74) is 0.829. The van der Waals surface area contributed by atoms with Crippen molar-refractivity contribution in [1.29, 1.82) is 0 Å². The molecule has 3 nitrogen and oxygen atoms in total. The summed E-state index contributed by atoms with van der Waals surface area (Å²) in [6.45, 7) is 4.19. The smallest absolute Gasteiger partial charge is 0.185 e. The van der Waals surface area contributed by atoms with Crippen molar-refractivity contribution >= 4 is 26.8 Å². The molecule has 2 aromatic heterocycles. The van der Waals surface area contributed by atoms with Crippen LogP contribution >= 0.6 is 11.3 Å². The maximum absolute atomic E-state index is 4.35. The summed E-state index contributed by atoms with van der Waals surface area (Å²) in [6, 6.07) is 4.38. The van der Waals surface area contributed by atoms with Crippen molar-refractivity contribution in [2.24, 2.45) is 0 Å². The predicted molar refractivity (Wildman–Crippen MR) is 56.2 cm³/mol. The van der Waals surface area contributed by atoms with Crippen molar-refractivity contribution in [3.05, 3.63) is 18.3 Å². The highest BCUT2D eigenvalue weighted by atomic mass is 32.1. The van der Waals surface area contributed by atoms with E-state index in [1.165, 1.54) is 0 Å². The number of hydrogen-bond donors (Lipinski definition) is 1. The van der Waals surface area contributed by atoms with Crippen LogP contribution in [0, 0.1) is 0 Å². The van der Waals surface area contributed by atoms with E-state index < -0.39 is 0 Å². The lowest BCUT2D eigenvalue weighted by Gasteiger charge is -2.03. The maximum Gasteiger partial charge on any atom is 0.185 e. The molecule has 2 rings (SSSR count). The van der Waals surface area contributed by atoms with Crippen molar-refractivity contribution in [3.8, 4) is 0 Å². The van der Waals surface area contributed by atoms with Gasteiger partial charge in [-0.2, -0.15) is 0 Å². The van der Waals surface area contributed by atoms with Gasteiger partial charge in [0.25, 0.3) is 0 Å². The Hall–Kier alpha value is -1.16. The highest BCUT2D eigenvalue weighted by Gasteiger charge is 2.03. The van der Waals surface area contributed by atoms with Gasteiger partial charge in [0.05, 0.1) is 4.70 Å². The standard InChI is InChI=1S/C9H11N3S/c1-6(2)11-9-12-8-7(13-9)4-3-5-10-8/h3-6H,1-2H3,(H,10,11,12). The topological polar surface area (TPSA) is 37.8 Å². The second-order valence-electron chi connectivity index (χ2n) is 3.14. The van der Waals surface area contributed by atoms with Gasteiger partial charge in [0, 0.05) is 12.2 Å². The van der Waals surface area contributed by atoms with Crippen molar-refractivity contribution in [2.45, 2.75) is 19.9 Å². The van der Waals surface area contributed by atoms with Crippen molar-refractivity contribution in [3.63, 3.8) is 0 Å². The van der Waals surface area contributed by atoms with Crippen LogP contribution in [-0.2, 0) is 0 Å². The summed E-state index contributed by atoms with van der Waals surface area (Å²) in [6.07, 6.45) is 1.77. The average molecular weight is 193 g/mol. The lowest BCUT2D eigenvalue weighted by Crippen LogP contribution is -2.08. The lowest BCUT2D eigenvalue weighted by molar-refractivity contribution is 0.897. The van der Waals surface area contributed by atoms with E-state index in [0.29, 0.717) is 6.04 Å². The van der Waals surface area contributed by atoms with E-state index in [0.717, 1.165) is 15.5 Å². The number of anilines is 1. The molecule has 1 N–H and O–H groups in total. The molecular weight excluding hydrogens is 182 g/mol. The van der Waals surface area contributed by atoms with Gasteiger partial charge < -0.3 is 5.32 Å². The maximum atomic E-state index is 4.35. The van der Waals surface area contributed by atoms with E-state index in [9.17, 15) is 0 Å². The highest BCUT2D eigenvalue weighted by molar-refractivity contribution is 7.22. The molecule has 2 heterocycles. The van der Waals surface area contributed by atoms with Gasteiger partial charge in [-0.15, -0.1) is 0 Å². The van der Waals surface area contributed by atoms with Crippen LogP contribution in [0.5, 0.6) is 0 Å². The Morgan fingerprint density at radius 3 is 3.00 bits per heavy atom. The average Bonchev–Trinajstić information content (AvgIpc) is 2.44. The van der Waals surface area contributed by atoms with E-state index in [-0.39, 0.29) is 0 Å². The summed E-state index contributed by atoms with van der Waals surface area (Å²) in [4.78, 5) is 8.52. The highest BCUT2D eigenvalue weighted by Crippen LogP contribution is 2.24. The lowest BCUT2D eigenvalue weighted by atomic mass is 10.4. The number of hydrogen-bond acceptors (Lipinski definition) is 4. The van der Waals surface area contributed by atoms with Crippen LogP contribution in [0.15, 0.2) is 18.3 Å². The molecule has 0 aliphatic carbocycles. The molecule has 2 aromatic rings. The zero-order chi connectivity index (χ0) is 9.26. The Morgan fingerprint density at radius 1 is 1.46 bits per heavy atom. The molecule has 0 aliphatic rings. The van der Waals surface area contributed by atoms with E-state index in [2.05, 4.69) is 29.1 Å². The largest absolute Gasteiger partial charge is 0.359 e. The second-order valence-corrected chi connectivity index (χ2v) is 4.17. The number of aromatic nitrogens is 2. The molecule has 0 saturated carbocycles. The fourth-order valence-electron chi connectivity index (χ4n) is 1.08. The third kappa shape index (κ3) is 1.78. The summed E-state index contributed by atoms with van der Waals surface area (Å²) in [5, 5.41) is 4.21. The second kappa shape index (κ2) is 3.30. The predicted octanol–water partition coefficient (Wildman–Crippen LogP) is 2.51. The summed E-state index contributed by atoms with van der Waals surface area (Å²) in [7, 11) is 0. The van der Waals surface area contributed by atoms with Crippen molar-refractivity contribution in [2.75, 3.05) is 5.32 Å². The molecule has 13 heavy (non-hydrogen) atoms. The molecule has 0 amide bonds. The van der Waals surface area contributed by atoms with Gasteiger partial charge >= 0.3 is 0 Å². The van der Waals surface area contributed by atoms with E-state index in [4.69, 9.17) is 0 Å². The molecule has 68 valence electrons. The third-order valence-electron chi connectivity index (χ3n) is 1.58. The minimum Gasteiger partial charge on any atom is -0.359 e. The molecule has 0 radical (unpaired) electrons. The molecule has 0 fully saturated rings. The quantitative estimate of drug-likeness (QED) is 0.796. The van der Waals surface area contributed by atoms with E-state index >= 15 is 0 Å². The fraction of sp³-hybridized carbons (Fsp3) is 0.333. The number of fused-ring (bicyclic) bond motifs is 1. The SMILES string of the molecule is CC(C)Nc1nc2ncccc2s1. The first-order valence-electron chi connectivity index (χ1n) is 4.24. The van der Waals surface area contributed by atoms with Gasteiger partial charge in [-0.1, -0.05) is 11.3 Å². The Morgan fingerprint density at radius 2 is 2.31 bits per heavy atom. The Bertz CT molecular complexity index is 375. The van der Waals surface area contributed by atoms with Gasteiger partial charge in [-0.3, -0.25) is 0 Å². The van der Waals surface area contributed by atoms with Gasteiger partial charge in [-0.25, -0.2) is 9.97 Å². The number of thiazole rings is 1. The van der Waals surface area contributed by atoms with Gasteiger partial charge in [0.1, 0.15) is 0 Å². The van der Waals surface area contributed by atoms with Crippen LogP contribution in [0.1, 0.15) is 13.8 Å². The first-order valence-corrected chi connectivity index (χ1v) is 5.05. The first kappa shape index (κ1) is 8.44. The molecule has 0 saturated heterocycles. The van der Waals surface area contributed by atoms with Crippen molar-refractivity contribution in [1.82, 2.24) is 9.97 Å². The monoisotopic (exact) mass is 193 g/mol. The van der Waals surface area contributed by atoms with Crippen molar-refractivity contribution < 1.29 is 0 Å². The molecule has 0 aromatic carbocycles. The first-order chi connectivity index (χ1) is 6.25. The zero-order valence-electron chi connectivity index (χ0n) is 7.61. The molecule has 0 unspecified atom stereocenters. The Kier molecular flexibility index (Phi) is 2.14. The van der Waals surface area contributed by atoms with Crippen LogP contribution in [-0.4, -0.2) is 16.0 Å². The van der Waals surface area contributed by atoms with Crippen LogP contribution in [0.4, 0.5) is 5.13 Å². The Balaban J connectivity index is 2.38. The number of pyridine rings is 1. The van der Waals surface area contributed by atoms with E-state index in [1.54, 1.807) is 17.5 Å². The van der Waals surface area contributed by atoms with Gasteiger partial charge in [-0.05, 0) is 26.0 Å². The fourth-order valence-corrected chi connectivity index (χ4v) is 2.05. The van der Waals surface area contributed by atoms with Crippen LogP contribution in [0.2, 0.25) is 0 Å². The number of nitrogens with one attached hydrogen (secondary N) is 1. The molecule has 0 atom stereocenters. The van der Waals surface area contributed by atoms with E-state index in [1.807, 2.05) is 12.1 Å². The molecular formula is C9H11N3S. The number of rotatable bonds is 2. The normalized spacial score (nSPS) is 11.0.